The molecule has 0 saturated carbocycles. The maximum atomic E-state index is 13.6. The summed E-state index contributed by atoms with van der Waals surface area (Å²) in [4.78, 5) is 36.9. The standard InChI is InChI=1S/C39H44F3N5O3S/c1-38(2,3)50-36(48)16-20-51-25-28-10-7-11-29(21-28)37(49)46-33-14-13-31(47-18-5-4-6-19-47)23-32(33)34-24-35(45-26-44-34)43-17-15-27-9-8-12-30(22-27)39(40,41)42/h7-14,21-24,26H,4-6,15-20,25H2,1-3H3,(H,46,49)(H,43,44,45). The summed E-state index contributed by atoms with van der Waals surface area (Å²) in [6.45, 7) is 7.80. The average Bonchev–Trinajstić information content (AvgIpc) is 3.10. The molecule has 0 radical (unpaired) electrons. The minimum absolute atomic E-state index is 0.230. The second-order valence-electron chi connectivity index (χ2n) is 13.5. The van der Waals surface area contributed by atoms with Crippen LogP contribution in [0.25, 0.3) is 11.3 Å². The third-order valence-corrected chi connectivity index (χ3v) is 9.25. The zero-order valence-corrected chi connectivity index (χ0v) is 30.0. The number of ether oxygens (including phenoxy) is 1. The van der Waals surface area contributed by atoms with Crippen molar-refractivity contribution in [1.82, 2.24) is 9.97 Å². The van der Waals surface area contributed by atoms with E-state index in [9.17, 15) is 22.8 Å². The molecule has 4 aromatic rings. The molecule has 12 heteroatoms. The maximum absolute atomic E-state index is 13.6. The summed E-state index contributed by atoms with van der Waals surface area (Å²) in [7, 11) is 0. The number of hydrogen-bond donors (Lipinski definition) is 2. The summed E-state index contributed by atoms with van der Waals surface area (Å²) < 4.78 is 44.9. The van der Waals surface area contributed by atoms with Crippen molar-refractivity contribution >= 4 is 40.8 Å². The lowest BCUT2D eigenvalue weighted by Crippen LogP contribution is -2.29. The predicted octanol–water partition coefficient (Wildman–Crippen LogP) is 9.02. The van der Waals surface area contributed by atoms with Gasteiger partial charge in [-0.3, -0.25) is 9.59 Å². The first-order valence-corrected chi connectivity index (χ1v) is 18.3. The Morgan fingerprint density at radius 2 is 1.67 bits per heavy atom. The molecule has 51 heavy (non-hydrogen) atoms. The Labute approximate surface area is 301 Å². The van der Waals surface area contributed by atoms with E-state index in [1.54, 1.807) is 30.0 Å². The van der Waals surface area contributed by atoms with Gasteiger partial charge in [-0.05, 0) is 94.0 Å². The van der Waals surface area contributed by atoms with Gasteiger partial charge >= 0.3 is 12.1 Å². The van der Waals surface area contributed by atoms with E-state index in [1.807, 2.05) is 57.2 Å². The molecule has 1 fully saturated rings. The molecule has 0 atom stereocenters. The molecule has 0 bridgehead atoms. The Bertz CT molecular complexity index is 1810. The topological polar surface area (TPSA) is 96.5 Å². The van der Waals surface area contributed by atoms with Gasteiger partial charge in [0, 0.05) is 54.0 Å². The minimum Gasteiger partial charge on any atom is -0.460 e. The molecule has 1 aliphatic rings. The van der Waals surface area contributed by atoms with E-state index in [-0.39, 0.29) is 11.9 Å². The fourth-order valence-corrected chi connectivity index (χ4v) is 6.65. The number of carbonyl (C=O) groups excluding carboxylic acids is 2. The molecule has 3 aromatic carbocycles. The van der Waals surface area contributed by atoms with Gasteiger partial charge in [-0.25, -0.2) is 9.97 Å². The van der Waals surface area contributed by atoms with Crippen molar-refractivity contribution < 1.29 is 27.5 Å². The van der Waals surface area contributed by atoms with E-state index >= 15 is 0 Å². The average molecular weight is 720 g/mol. The lowest BCUT2D eigenvalue weighted by molar-refractivity contribution is -0.154. The second kappa shape index (κ2) is 17.1. The van der Waals surface area contributed by atoms with E-state index in [1.165, 1.54) is 18.8 Å². The van der Waals surface area contributed by atoms with Gasteiger partial charge in [-0.2, -0.15) is 24.9 Å². The molecule has 270 valence electrons. The minimum atomic E-state index is -4.40. The molecule has 1 amide bonds. The number of amides is 1. The number of piperidine rings is 1. The largest absolute Gasteiger partial charge is 0.460 e. The number of anilines is 3. The highest BCUT2D eigenvalue weighted by Gasteiger charge is 2.30. The molecule has 1 aliphatic heterocycles. The number of esters is 1. The highest BCUT2D eigenvalue weighted by molar-refractivity contribution is 7.98. The number of nitrogens with one attached hydrogen (secondary N) is 2. The summed E-state index contributed by atoms with van der Waals surface area (Å²) in [5, 5.41) is 6.30. The Kier molecular flexibility index (Phi) is 12.6. The predicted molar refractivity (Wildman–Crippen MR) is 198 cm³/mol. The lowest BCUT2D eigenvalue weighted by atomic mass is 10.0. The van der Waals surface area contributed by atoms with Crippen LogP contribution in [0.3, 0.4) is 0 Å². The van der Waals surface area contributed by atoms with E-state index in [0.29, 0.717) is 59.2 Å². The van der Waals surface area contributed by atoms with Crippen LogP contribution in [0, 0.1) is 0 Å². The number of thioether (sulfide) groups is 1. The van der Waals surface area contributed by atoms with Gasteiger partial charge in [0.25, 0.3) is 5.91 Å². The first kappa shape index (κ1) is 37.7. The number of hydrogen-bond acceptors (Lipinski definition) is 8. The van der Waals surface area contributed by atoms with Gasteiger partial charge in [0.2, 0.25) is 0 Å². The zero-order chi connectivity index (χ0) is 36.4. The van der Waals surface area contributed by atoms with Crippen molar-refractivity contribution in [3.8, 4) is 11.3 Å². The van der Waals surface area contributed by atoms with E-state index in [0.717, 1.165) is 54.9 Å². The van der Waals surface area contributed by atoms with Crippen molar-refractivity contribution in [3.05, 3.63) is 101 Å². The third kappa shape index (κ3) is 11.5. The normalized spacial score (nSPS) is 13.5. The van der Waals surface area contributed by atoms with Crippen LogP contribution >= 0.6 is 11.8 Å². The van der Waals surface area contributed by atoms with Gasteiger partial charge < -0.3 is 20.3 Å². The van der Waals surface area contributed by atoms with Gasteiger partial charge in [0.1, 0.15) is 17.7 Å². The Morgan fingerprint density at radius 3 is 2.43 bits per heavy atom. The van der Waals surface area contributed by atoms with Crippen LogP contribution in [0.15, 0.2) is 79.1 Å². The molecule has 1 aromatic heterocycles. The van der Waals surface area contributed by atoms with Crippen LogP contribution in [0.2, 0.25) is 0 Å². The molecule has 1 saturated heterocycles. The quantitative estimate of drug-likeness (QED) is 0.104. The summed E-state index contributed by atoms with van der Waals surface area (Å²) in [5.74, 6) is 1.27. The molecule has 0 unspecified atom stereocenters. The Morgan fingerprint density at radius 1 is 0.902 bits per heavy atom. The number of halogens is 3. The molecule has 2 N–H and O–H groups in total. The van der Waals surface area contributed by atoms with Gasteiger partial charge in [0.05, 0.1) is 23.4 Å². The monoisotopic (exact) mass is 719 g/mol. The molecule has 0 spiro atoms. The number of nitrogens with zero attached hydrogens (tertiary/aromatic N) is 3. The van der Waals surface area contributed by atoms with Crippen LogP contribution in [0.1, 0.15) is 73.5 Å². The number of benzene rings is 3. The first-order valence-electron chi connectivity index (χ1n) is 17.2. The summed E-state index contributed by atoms with van der Waals surface area (Å²) in [6.07, 6.45) is 1.14. The highest BCUT2D eigenvalue weighted by Crippen LogP contribution is 2.34. The van der Waals surface area contributed by atoms with Crippen LogP contribution in [-0.4, -0.2) is 52.8 Å². The number of alkyl halides is 3. The smallest absolute Gasteiger partial charge is 0.416 e. The fourth-order valence-electron chi connectivity index (χ4n) is 5.78. The summed E-state index contributed by atoms with van der Waals surface area (Å²) >= 11 is 1.60. The molecule has 0 aliphatic carbocycles. The van der Waals surface area contributed by atoms with Crippen LogP contribution in [0.4, 0.5) is 30.4 Å². The van der Waals surface area contributed by atoms with Crippen molar-refractivity contribution in [3.63, 3.8) is 0 Å². The van der Waals surface area contributed by atoms with Gasteiger partial charge in [-0.15, -0.1) is 0 Å². The second-order valence-corrected chi connectivity index (χ2v) is 14.6. The highest BCUT2D eigenvalue weighted by atomic mass is 32.2. The van der Waals surface area contributed by atoms with Crippen LogP contribution < -0.4 is 15.5 Å². The molecule has 2 heterocycles. The van der Waals surface area contributed by atoms with E-state index in [2.05, 4.69) is 25.5 Å². The first-order chi connectivity index (χ1) is 24.3. The summed E-state index contributed by atoms with van der Waals surface area (Å²) in [5.41, 5.74) is 3.79. The van der Waals surface area contributed by atoms with E-state index in [4.69, 9.17) is 4.74 Å². The van der Waals surface area contributed by atoms with Crippen molar-refractivity contribution in [1.29, 1.82) is 0 Å². The molecular weight excluding hydrogens is 676 g/mol. The maximum Gasteiger partial charge on any atom is 0.416 e. The Balaban J connectivity index is 1.29. The zero-order valence-electron chi connectivity index (χ0n) is 29.2. The number of rotatable bonds is 13. The van der Waals surface area contributed by atoms with Crippen LogP contribution in [-0.2, 0) is 27.9 Å². The van der Waals surface area contributed by atoms with E-state index < -0.39 is 17.3 Å². The molecule has 5 rings (SSSR count). The SMILES string of the molecule is CC(C)(C)OC(=O)CCSCc1cccc(C(=O)Nc2ccc(N3CCCCC3)cc2-c2cc(NCCc3cccc(C(F)(F)F)c3)ncn2)c1. The van der Waals surface area contributed by atoms with Gasteiger partial charge in [-0.1, -0.05) is 30.3 Å². The van der Waals surface area contributed by atoms with Crippen molar-refractivity contribution in [2.24, 2.45) is 0 Å². The van der Waals surface area contributed by atoms with Gasteiger partial charge in [0.15, 0.2) is 0 Å². The fraction of sp³-hybridized carbons (Fsp3) is 0.385. The summed E-state index contributed by atoms with van der Waals surface area (Å²) in [6, 6.07) is 20.5. The van der Waals surface area contributed by atoms with Crippen LogP contribution in [0.5, 0.6) is 0 Å². The molecular formula is C39H44F3N5O3S. The Hall–Kier alpha value is -4.58. The number of carbonyl (C=O) groups is 2. The van der Waals surface area contributed by atoms with Crippen molar-refractivity contribution in [2.75, 3.05) is 40.9 Å². The third-order valence-electron chi connectivity index (χ3n) is 8.22. The lowest BCUT2D eigenvalue weighted by Gasteiger charge is -2.29. The van der Waals surface area contributed by atoms with Crippen molar-refractivity contribution in [2.45, 2.75) is 70.4 Å². The molecule has 8 nitrogen and oxygen atoms in total. The number of aromatic nitrogens is 2.